The van der Waals surface area contributed by atoms with Crippen LogP contribution in [0, 0.1) is 16.0 Å². The van der Waals surface area contributed by atoms with Crippen LogP contribution in [0.2, 0.25) is 10.0 Å². The minimum atomic E-state index is -0.905. The van der Waals surface area contributed by atoms with Crippen LogP contribution in [-0.2, 0) is 20.9 Å². The number of halogens is 2. The predicted octanol–water partition coefficient (Wildman–Crippen LogP) is 5.63. The molecule has 3 unspecified atom stereocenters. The van der Waals surface area contributed by atoms with E-state index in [1.54, 1.807) is 12.1 Å². The first-order valence-electron chi connectivity index (χ1n) is 13.5. The Labute approximate surface area is 274 Å². The van der Waals surface area contributed by atoms with Crippen LogP contribution in [0.15, 0.2) is 76.6 Å². The van der Waals surface area contributed by atoms with Crippen LogP contribution in [0.1, 0.15) is 16.4 Å². The highest BCUT2D eigenvalue weighted by Gasteiger charge is 2.56. The Bertz CT molecular complexity index is 1930. The number of benzene rings is 3. The number of nitro benzene ring substituents is 1. The van der Waals surface area contributed by atoms with Crippen molar-refractivity contribution in [3.8, 4) is 0 Å². The Balaban J connectivity index is 1.40. The molecule has 0 spiro atoms. The van der Waals surface area contributed by atoms with E-state index in [1.807, 2.05) is 43.3 Å². The predicted molar refractivity (Wildman–Crippen MR) is 175 cm³/mol. The smallest absolute Gasteiger partial charge is 0.308 e. The van der Waals surface area contributed by atoms with E-state index in [9.17, 15) is 29.3 Å². The highest BCUT2D eigenvalue weighted by Crippen LogP contribution is 2.54. The van der Waals surface area contributed by atoms with Crippen molar-refractivity contribution in [1.82, 2.24) is 4.57 Å². The Morgan fingerprint density at radius 2 is 1.67 bits per heavy atom. The molecule has 3 amide bonds. The summed E-state index contributed by atoms with van der Waals surface area (Å²) in [7, 11) is 3.80. The number of non-ortho nitro benzene ring substituents is 1. The molecule has 11 nitrogen and oxygen atoms in total. The molecule has 2 aliphatic heterocycles. The second-order valence-electron chi connectivity index (χ2n) is 10.6. The fourth-order valence-electron chi connectivity index (χ4n) is 5.49. The number of amides is 3. The van der Waals surface area contributed by atoms with Gasteiger partial charge in [-0.25, -0.2) is 4.90 Å². The Hall–Kier alpha value is -4.17. The number of carbonyl (C=O) groups excluding carboxylic acids is 3. The van der Waals surface area contributed by atoms with Crippen LogP contribution in [0.3, 0.4) is 0 Å². The van der Waals surface area contributed by atoms with Crippen molar-refractivity contribution in [3.63, 3.8) is 0 Å². The average Bonchev–Trinajstić information content (AvgIpc) is 3.45. The van der Waals surface area contributed by atoms with E-state index in [4.69, 9.17) is 23.2 Å². The van der Waals surface area contributed by atoms with Gasteiger partial charge in [-0.2, -0.15) is 0 Å². The van der Waals surface area contributed by atoms with Crippen molar-refractivity contribution in [2.75, 3.05) is 29.2 Å². The number of nitrogens with one attached hydrogen (secondary N) is 1. The van der Waals surface area contributed by atoms with Crippen LogP contribution in [0.25, 0.3) is 0 Å². The molecule has 45 heavy (non-hydrogen) atoms. The number of fused-ring (bicyclic) bond motifs is 2. The van der Waals surface area contributed by atoms with Gasteiger partial charge >= 0.3 is 4.87 Å². The van der Waals surface area contributed by atoms with E-state index in [0.29, 0.717) is 20.6 Å². The first-order chi connectivity index (χ1) is 21.4. The third-order valence-corrected chi connectivity index (χ3v) is 11.0. The molecule has 3 atom stereocenters. The molecule has 6 rings (SSSR count). The topological polar surface area (TPSA) is 135 Å². The largest absolute Gasteiger partial charge is 0.378 e. The molecule has 4 aromatic rings. The van der Waals surface area contributed by atoms with Crippen LogP contribution in [0.4, 0.5) is 22.7 Å². The Kier molecular flexibility index (Phi) is 8.20. The minimum absolute atomic E-state index is 0.172. The molecule has 3 heterocycles. The summed E-state index contributed by atoms with van der Waals surface area (Å²) in [6.07, 6.45) is 0. The second kappa shape index (κ2) is 12.0. The minimum Gasteiger partial charge on any atom is -0.378 e. The first-order valence-corrected chi connectivity index (χ1v) is 15.9. The van der Waals surface area contributed by atoms with Gasteiger partial charge < -0.3 is 10.2 Å². The summed E-state index contributed by atoms with van der Waals surface area (Å²) in [4.78, 5) is 68.2. The molecule has 1 saturated heterocycles. The van der Waals surface area contributed by atoms with Gasteiger partial charge in [0.2, 0.25) is 17.7 Å². The number of hydrogen-bond acceptors (Lipinski definition) is 9. The molecule has 1 N–H and O–H groups in total. The SMILES string of the molecule is CN(C)c1ccc(C2c3sc(=O)n(CC(=O)Nc4ccc(Cl)c(Cl)c4)c3SC3C(=O)N(c4ccc([N+](=O)[O-])cc4)C(=O)C32)cc1. The third-order valence-electron chi connectivity index (χ3n) is 7.64. The maximum atomic E-state index is 14.0. The van der Waals surface area contributed by atoms with Crippen molar-refractivity contribution in [2.24, 2.45) is 5.92 Å². The Morgan fingerprint density at radius 3 is 2.29 bits per heavy atom. The summed E-state index contributed by atoms with van der Waals surface area (Å²) in [5.74, 6) is -2.98. The highest BCUT2D eigenvalue weighted by molar-refractivity contribution is 8.00. The van der Waals surface area contributed by atoms with Gasteiger partial charge in [0.15, 0.2) is 0 Å². The number of anilines is 3. The lowest BCUT2D eigenvalue weighted by molar-refractivity contribution is -0.384. The molecule has 15 heteroatoms. The fourth-order valence-corrected chi connectivity index (χ4v) is 8.56. The number of carbonyl (C=O) groups is 3. The molecular formula is C30H23Cl2N5O6S2. The van der Waals surface area contributed by atoms with Crippen LogP contribution in [0.5, 0.6) is 0 Å². The van der Waals surface area contributed by atoms with Gasteiger partial charge in [0, 0.05) is 48.4 Å². The molecule has 230 valence electrons. The third kappa shape index (κ3) is 5.61. The van der Waals surface area contributed by atoms with Gasteiger partial charge in [-0.15, -0.1) is 0 Å². The van der Waals surface area contributed by atoms with Gasteiger partial charge in [-0.05, 0) is 48.0 Å². The number of aromatic nitrogens is 1. The van der Waals surface area contributed by atoms with E-state index < -0.39 is 44.6 Å². The number of nitrogens with zero attached hydrogens (tertiary/aromatic N) is 4. The summed E-state index contributed by atoms with van der Waals surface area (Å²) in [5, 5.41) is 14.0. The van der Waals surface area contributed by atoms with Crippen molar-refractivity contribution in [1.29, 1.82) is 0 Å². The number of imide groups is 1. The zero-order chi connectivity index (χ0) is 32.2. The number of thioether (sulfide) groups is 1. The quantitative estimate of drug-likeness (QED) is 0.151. The van der Waals surface area contributed by atoms with Gasteiger partial charge in [-0.1, -0.05) is 58.4 Å². The summed E-state index contributed by atoms with van der Waals surface area (Å²) in [6, 6.07) is 17.4. The zero-order valence-corrected chi connectivity index (χ0v) is 26.7. The number of nitro groups is 1. The monoisotopic (exact) mass is 683 g/mol. The van der Waals surface area contributed by atoms with Crippen molar-refractivity contribution >= 4 is 86.8 Å². The van der Waals surface area contributed by atoms with Gasteiger partial charge in [-0.3, -0.25) is 33.9 Å². The van der Waals surface area contributed by atoms with Crippen LogP contribution in [-0.4, -0.2) is 46.6 Å². The van der Waals surface area contributed by atoms with E-state index in [0.717, 1.165) is 39.2 Å². The van der Waals surface area contributed by atoms with Crippen molar-refractivity contribution in [2.45, 2.75) is 22.7 Å². The van der Waals surface area contributed by atoms with Crippen LogP contribution >= 0.6 is 46.3 Å². The van der Waals surface area contributed by atoms with Gasteiger partial charge in [0.05, 0.1) is 31.6 Å². The summed E-state index contributed by atoms with van der Waals surface area (Å²) in [5.41, 5.74) is 2.10. The lowest BCUT2D eigenvalue weighted by Crippen LogP contribution is -2.33. The van der Waals surface area contributed by atoms with E-state index in [-0.39, 0.29) is 22.9 Å². The molecule has 0 bridgehead atoms. The van der Waals surface area contributed by atoms with Crippen LogP contribution < -0.4 is 20.0 Å². The summed E-state index contributed by atoms with van der Waals surface area (Å²) >= 11 is 14.1. The molecule has 2 aliphatic rings. The zero-order valence-electron chi connectivity index (χ0n) is 23.6. The molecule has 3 aromatic carbocycles. The highest BCUT2D eigenvalue weighted by atomic mass is 35.5. The van der Waals surface area contributed by atoms with E-state index in [1.165, 1.54) is 34.9 Å². The summed E-state index contributed by atoms with van der Waals surface area (Å²) < 4.78 is 1.32. The standard InChI is InChI=1S/C30H23Cl2N5O6S2/c1-34(2)17-6-3-15(4-7-17)23-24-25(28(40)36(27(24)39)18-8-10-19(11-9-18)37(42)43)44-29-26(23)45-30(41)35(29)14-22(38)33-16-5-12-20(31)21(32)13-16/h3-13,23-25H,14H2,1-2H3,(H,33,38). The normalized spacial score (nSPS) is 18.8. The summed E-state index contributed by atoms with van der Waals surface area (Å²) in [6.45, 7) is -0.338. The number of thiazole rings is 1. The van der Waals surface area contributed by atoms with E-state index >= 15 is 0 Å². The van der Waals surface area contributed by atoms with E-state index in [2.05, 4.69) is 5.32 Å². The maximum absolute atomic E-state index is 14.0. The molecule has 1 fully saturated rings. The van der Waals surface area contributed by atoms with Gasteiger partial charge in [0.25, 0.3) is 5.69 Å². The molecular weight excluding hydrogens is 661 g/mol. The second-order valence-corrected chi connectivity index (χ2v) is 13.6. The lowest BCUT2D eigenvalue weighted by atomic mass is 9.83. The number of hydrogen-bond donors (Lipinski definition) is 1. The fraction of sp³-hybridized carbons (Fsp3) is 0.200. The first kappa shape index (κ1) is 30.8. The lowest BCUT2D eigenvalue weighted by Gasteiger charge is -2.31. The Morgan fingerprint density at radius 1 is 0.978 bits per heavy atom. The molecule has 1 aromatic heterocycles. The molecule has 0 radical (unpaired) electrons. The van der Waals surface area contributed by atoms with Gasteiger partial charge in [0.1, 0.15) is 11.8 Å². The van der Waals surface area contributed by atoms with Crippen molar-refractivity contribution < 1.29 is 19.3 Å². The van der Waals surface area contributed by atoms with Crippen molar-refractivity contribution in [3.05, 3.63) is 107 Å². The maximum Gasteiger partial charge on any atom is 0.308 e. The molecule has 0 aliphatic carbocycles. The number of rotatable bonds is 7. The average molecular weight is 685 g/mol. The molecule has 0 saturated carbocycles.